The van der Waals surface area contributed by atoms with Gasteiger partial charge in [0.25, 0.3) is 5.91 Å². The lowest BCUT2D eigenvalue weighted by atomic mass is 10.1. The first kappa shape index (κ1) is 27.7. The van der Waals surface area contributed by atoms with Crippen molar-refractivity contribution in [3.05, 3.63) is 65.2 Å². The smallest absolute Gasteiger partial charge is 0.253 e. The van der Waals surface area contributed by atoms with Crippen molar-refractivity contribution in [2.24, 2.45) is 4.99 Å². The molecule has 0 bridgehead atoms. The summed E-state index contributed by atoms with van der Waals surface area (Å²) in [6.45, 7) is 4.47. The number of nitrogens with zero attached hydrogens (tertiary/aromatic N) is 2. The predicted molar refractivity (Wildman–Crippen MR) is 143 cm³/mol. The number of hydrogen-bond acceptors (Lipinski definition) is 3. The highest BCUT2D eigenvalue weighted by atomic mass is 127. The van der Waals surface area contributed by atoms with Crippen LogP contribution in [0.4, 0.5) is 0 Å². The average molecular weight is 553 g/mol. The number of ether oxygens (including phenoxy) is 1. The van der Waals surface area contributed by atoms with Gasteiger partial charge in [0.15, 0.2) is 5.96 Å². The Morgan fingerprint density at radius 1 is 1.00 bits per heavy atom. The molecule has 0 radical (unpaired) electrons. The van der Waals surface area contributed by atoms with Gasteiger partial charge in [0.1, 0.15) is 5.75 Å². The van der Waals surface area contributed by atoms with E-state index in [1.807, 2.05) is 36.4 Å². The Bertz CT molecular complexity index is 838. The van der Waals surface area contributed by atoms with Crippen molar-refractivity contribution >= 4 is 35.8 Å². The summed E-state index contributed by atoms with van der Waals surface area (Å²) in [5, 5.41) is 6.69. The van der Waals surface area contributed by atoms with E-state index in [9.17, 15) is 4.79 Å². The van der Waals surface area contributed by atoms with E-state index in [4.69, 9.17) is 4.74 Å². The van der Waals surface area contributed by atoms with Crippen LogP contribution in [0.15, 0.2) is 53.5 Å². The van der Waals surface area contributed by atoms with Gasteiger partial charge in [0.05, 0.1) is 6.61 Å². The van der Waals surface area contributed by atoms with Crippen molar-refractivity contribution < 1.29 is 9.53 Å². The Morgan fingerprint density at radius 2 is 1.66 bits per heavy atom. The van der Waals surface area contributed by atoms with Gasteiger partial charge in [-0.15, -0.1) is 24.0 Å². The molecule has 2 N–H and O–H groups in total. The molecule has 0 unspecified atom stereocenters. The van der Waals surface area contributed by atoms with Gasteiger partial charge >= 0.3 is 0 Å². The molecule has 0 fully saturated rings. The van der Waals surface area contributed by atoms with Gasteiger partial charge in [-0.1, -0.05) is 37.6 Å². The van der Waals surface area contributed by atoms with E-state index in [2.05, 4.69) is 34.7 Å². The molecule has 0 saturated heterocycles. The maximum atomic E-state index is 12.1. The number of hydrogen-bond donors (Lipinski definition) is 2. The summed E-state index contributed by atoms with van der Waals surface area (Å²) in [7, 11) is 5.30. The van der Waals surface area contributed by atoms with Crippen molar-refractivity contribution in [3.8, 4) is 5.75 Å². The van der Waals surface area contributed by atoms with E-state index in [1.54, 1.807) is 26.0 Å². The largest absolute Gasteiger partial charge is 0.494 e. The zero-order valence-electron chi connectivity index (χ0n) is 19.7. The molecule has 0 aliphatic rings. The fraction of sp³-hybridized carbons (Fsp3) is 0.440. The van der Waals surface area contributed by atoms with Crippen LogP contribution in [0.3, 0.4) is 0 Å². The second-order valence-corrected chi connectivity index (χ2v) is 7.67. The third kappa shape index (κ3) is 9.89. The Labute approximate surface area is 209 Å². The lowest BCUT2D eigenvalue weighted by molar-refractivity contribution is 0.0827. The molecule has 2 aromatic rings. The molecule has 32 heavy (non-hydrogen) atoms. The summed E-state index contributed by atoms with van der Waals surface area (Å²) in [6, 6.07) is 16.1. The molecular weight excluding hydrogens is 515 g/mol. The van der Waals surface area contributed by atoms with Gasteiger partial charge in [-0.05, 0) is 54.7 Å². The zero-order chi connectivity index (χ0) is 22.5. The minimum atomic E-state index is 0. The summed E-state index contributed by atoms with van der Waals surface area (Å²) in [6.07, 6.45) is 3.94. The van der Waals surface area contributed by atoms with Crippen molar-refractivity contribution in [2.75, 3.05) is 40.8 Å². The third-order valence-corrected chi connectivity index (χ3v) is 4.91. The number of unbranched alkanes of at least 4 members (excludes halogenated alkanes) is 1. The normalized spacial score (nSPS) is 10.8. The van der Waals surface area contributed by atoms with Crippen molar-refractivity contribution in [1.82, 2.24) is 15.5 Å². The molecule has 0 saturated carbocycles. The fourth-order valence-electron chi connectivity index (χ4n) is 3.08. The van der Waals surface area contributed by atoms with Gasteiger partial charge in [-0.3, -0.25) is 9.79 Å². The van der Waals surface area contributed by atoms with E-state index in [1.165, 1.54) is 5.56 Å². The minimum absolute atomic E-state index is 0. The Hall–Kier alpha value is -2.29. The monoisotopic (exact) mass is 552 g/mol. The van der Waals surface area contributed by atoms with Crippen LogP contribution in [-0.2, 0) is 12.8 Å². The second-order valence-electron chi connectivity index (χ2n) is 7.67. The van der Waals surface area contributed by atoms with Gasteiger partial charge in [0, 0.05) is 39.8 Å². The number of carbonyl (C=O) groups excluding carboxylic acids is 1. The molecule has 0 aromatic heterocycles. The third-order valence-electron chi connectivity index (χ3n) is 4.91. The fourth-order valence-corrected chi connectivity index (χ4v) is 3.08. The van der Waals surface area contributed by atoms with Crippen molar-refractivity contribution in [1.29, 1.82) is 0 Å². The number of halogens is 1. The Balaban J connectivity index is 0.00000512. The lowest BCUT2D eigenvalue weighted by Gasteiger charge is -2.13. The molecule has 2 rings (SSSR count). The number of amides is 1. The maximum Gasteiger partial charge on any atom is 0.253 e. The van der Waals surface area contributed by atoms with Crippen molar-refractivity contribution in [3.63, 3.8) is 0 Å². The highest BCUT2D eigenvalue weighted by Crippen LogP contribution is 2.13. The number of aliphatic imine (C=N–C) groups is 1. The van der Waals surface area contributed by atoms with Crippen LogP contribution in [0.5, 0.6) is 5.75 Å². The second kappa shape index (κ2) is 15.5. The minimum Gasteiger partial charge on any atom is -0.494 e. The summed E-state index contributed by atoms with van der Waals surface area (Å²) in [5.74, 6) is 1.73. The predicted octanol–water partition coefficient (Wildman–Crippen LogP) is 4.14. The molecule has 176 valence electrons. The molecule has 6 nitrogen and oxygen atoms in total. The molecule has 0 atom stereocenters. The Kier molecular flexibility index (Phi) is 13.4. The van der Waals surface area contributed by atoms with Gasteiger partial charge in [-0.25, -0.2) is 0 Å². The van der Waals surface area contributed by atoms with Crippen LogP contribution in [0.2, 0.25) is 0 Å². The van der Waals surface area contributed by atoms with E-state index in [-0.39, 0.29) is 29.9 Å². The number of carbonyl (C=O) groups is 1. The number of rotatable bonds is 11. The number of guanidine groups is 1. The van der Waals surface area contributed by atoms with Crippen LogP contribution in [-0.4, -0.2) is 57.6 Å². The zero-order valence-corrected chi connectivity index (χ0v) is 22.0. The van der Waals surface area contributed by atoms with Gasteiger partial charge in [-0.2, -0.15) is 0 Å². The standard InChI is InChI=1S/C25H36N4O2.HI/c1-5-6-18-31-23-12-10-20(11-13-23)14-16-27-25(26-2)28-17-15-21-8-7-9-22(19-21)24(30)29(3)4;/h7-13,19H,5-6,14-18H2,1-4H3,(H2,26,27,28);1H. The van der Waals surface area contributed by atoms with E-state index in [0.29, 0.717) is 5.56 Å². The van der Waals surface area contributed by atoms with Crippen LogP contribution < -0.4 is 15.4 Å². The lowest BCUT2D eigenvalue weighted by Crippen LogP contribution is -2.39. The first-order valence-electron chi connectivity index (χ1n) is 11.0. The average Bonchev–Trinajstić information content (AvgIpc) is 2.79. The van der Waals surface area contributed by atoms with E-state index in [0.717, 1.165) is 62.7 Å². The molecule has 2 aromatic carbocycles. The quantitative estimate of drug-likeness (QED) is 0.191. The first-order chi connectivity index (χ1) is 15.0. The molecule has 0 spiro atoms. The first-order valence-corrected chi connectivity index (χ1v) is 11.0. The molecule has 7 heteroatoms. The van der Waals surface area contributed by atoms with Gasteiger partial charge < -0.3 is 20.3 Å². The highest BCUT2D eigenvalue weighted by molar-refractivity contribution is 14.0. The SMILES string of the molecule is CCCCOc1ccc(CCNC(=NC)NCCc2cccc(C(=O)N(C)C)c2)cc1.I. The van der Waals surface area contributed by atoms with Crippen LogP contribution in [0.1, 0.15) is 41.3 Å². The van der Waals surface area contributed by atoms with Crippen LogP contribution >= 0.6 is 24.0 Å². The molecule has 0 heterocycles. The van der Waals surface area contributed by atoms with E-state index >= 15 is 0 Å². The topological polar surface area (TPSA) is 66.0 Å². The highest BCUT2D eigenvalue weighted by Gasteiger charge is 2.08. The summed E-state index contributed by atoms with van der Waals surface area (Å²) in [4.78, 5) is 18.0. The molecule has 1 amide bonds. The molecule has 0 aliphatic heterocycles. The number of nitrogens with one attached hydrogen (secondary N) is 2. The maximum absolute atomic E-state index is 12.1. The van der Waals surface area contributed by atoms with Crippen molar-refractivity contribution in [2.45, 2.75) is 32.6 Å². The van der Waals surface area contributed by atoms with Crippen LogP contribution in [0.25, 0.3) is 0 Å². The Morgan fingerprint density at radius 3 is 2.25 bits per heavy atom. The summed E-state index contributed by atoms with van der Waals surface area (Å²) >= 11 is 0. The van der Waals surface area contributed by atoms with E-state index < -0.39 is 0 Å². The summed E-state index contributed by atoms with van der Waals surface area (Å²) < 4.78 is 5.71. The molecule has 0 aliphatic carbocycles. The summed E-state index contributed by atoms with van der Waals surface area (Å²) in [5.41, 5.74) is 3.09. The molecular formula is C25H37IN4O2. The van der Waals surface area contributed by atoms with Gasteiger partial charge in [0.2, 0.25) is 0 Å². The van der Waals surface area contributed by atoms with Crippen LogP contribution in [0, 0.1) is 0 Å². The number of benzene rings is 2.